The van der Waals surface area contributed by atoms with Crippen LogP contribution < -0.4 is 4.74 Å². The van der Waals surface area contributed by atoms with Crippen molar-refractivity contribution >= 4 is 0 Å². The monoisotopic (exact) mass is 301 g/mol. The molecule has 0 radical (unpaired) electrons. The Morgan fingerprint density at radius 1 is 1.14 bits per heavy atom. The second kappa shape index (κ2) is 4.70. The predicted octanol–water partition coefficient (Wildman–Crippen LogP) is 3.74. The van der Waals surface area contributed by atoms with Crippen LogP contribution in [0.4, 0.5) is 4.39 Å². The Bertz CT molecular complexity index is 593. The van der Waals surface area contributed by atoms with Crippen molar-refractivity contribution in [3.8, 4) is 5.75 Å². The van der Waals surface area contributed by atoms with E-state index in [1.54, 1.807) is 6.07 Å². The zero-order chi connectivity index (χ0) is 14.7. The fourth-order valence-electron chi connectivity index (χ4n) is 5.69. The smallest absolute Gasteiger partial charge is 0.123 e. The van der Waals surface area contributed by atoms with Crippen LogP contribution in [0.3, 0.4) is 0 Å². The number of ether oxygens (including phenoxy) is 1. The van der Waals surface area contributed by atoms with Crippen molar-refractivity contribution < 1.29 is 9.13 Å². The van der Waals surface area contributed by atoms with E-state index in [1.807, 2.05) is 6.07 Å². The van der Waals surface area contributed by atoms with Crippen molar-refractivity contribution in [1.29, 1.82) is 0 Å². The van der Waals surface area contributed by atoms with Gasteiger partial charge in [0, 0.05) is 17.0 Å². The summed E-state index contributed by atoms with van der Waals surface area (Å²) in [5.74, 6) is 2.76. The first kappa shape index (κ1) is 13.4. The van der Waals surface area contributed by atoms with Gasteiger partial charge in [0.25, 0.3) is 0 Å². The molecule has 0 aromatic heterocycles. The van der Waals surface area contributed by atoms with Crippen LogP contribution in [-0.4, -0.2) is 30.6 Å². The predicted molar refractivity (Wildman–Crippen MR) is 83.6 cm³/mol. The maximum Gasteiger partial charge on any atom is 0.123 e. The first-order valence-corrected chi connectivity index (χ1v) is 8.90. The molecule has 3 fully saturated rings. The van der Waals surface area contributed by atoms with Crippen molar-refractivity contribution in [2.75, 3.05) is 19.7 Å². The molecule has 2 aliphatic heterocycles. The van der Waals surface area contributed by atoms with Gasteiger partial charge >= 0.3 is 0 Å². The zero-order valence-electron chi connectivity index (χ0n) is 13.1. The zero-order valence-corrected chi connectivity index (χ0v) is 13.1. The summed E-state index contributed by atoms with van der Waals surface area (Å²) < 4.78 is 19.5. The number of hydrogen-bond acceptors (Lipinski definition) is 2. The number of likely N-dealkylation sites (tertiary alicyclic amines) is 1. The Morgan fingerprint density at radius 2 is 2.00 bits per heavy atom. The molecule has 1 spiro atoms. The van der Waals surface area contributed by atoms with E-state index in [-0.39, 0.29) is 11.2 Å². The third-order valence-corrected chi connectivity index (χ3v) is 6.94. The summed E-state index contributed by atoms with van der Waals surface area (Å²) in [6, 6.07) is 5.88. The molecule has 1 aromatic rings. The van der Waals surface area contributed by atoms with E-state index < -0.39 is 0 Å². The summed E-state index contributed by atoms with van der Waals surface area (Å²) in [5, 5.41) is 0. The van der Waals surface area contributed by atoms with E-state index in [9.17, 15) is 4.39 Å². The summed E-state index contributed by atoms with van der Waals surface area (Å²) in [6.07, 6.45) is 8.07. The second-order valence-electron chi connectivity index (χ2n) is 7.99. The molecule has 2 bridgehead atoms. The minimum Gasteiger partial charge on any atom is -0.492 e. The number of benzene rings is 1. The highest BCUT2D eigenvalue weighted by Crippen LogP contribution is 2.50. The van der Waals surface area contributed by atoms with Crippen LogP contribution in [0.5, 0.6) is 5.75 Å². The highest BCUT2D eigenvalue weighted by molar-refractivity contribution is 5.44. The minimum absolute atomic E-state index is 0.0750. The molecule has 3 heteroatoms. The van der Waals surface area contributed by atoms with Crippen molar-refractivity contribution in [3.63, 3.8) is 0 Å². The third-order valence-electron chi connectivity index (χ3n) is 6.94. The second-order valence-corrected chi connectivity index (χ2v) is 7.99. The molecule has 1 saturated heterocycles. The summed E-state index contributed by atoms with van der Waals surface area (Å²) in [4.78, 5) is 2.74. The van der Waals surface area contributed by atoms with E-state index >= 15 is 0 Å². The van der Waals surface area contributed by atoms with Crippen molar-refractivity contribution in [2.45, 2.75) is 50.0 Å². The van der Waals surface area contributed by atoms with Crippen molar-refractivity contribution in [1.82, 2.24) is 4.90 Å². The molecular formula is C19H24FNO. The van der Waals surface area contributed by atoms with Gasteiger partial charge in [-0.2, -0.15) is 0 Å². The van der Waals surface area contributed by atoms with Gasteiger partial charge in [0.15, 0.2) is 0 Å². The normalized spacial score (nSPS) is 35.8. The lowest BCUT2D eigenvalue weighted by molar-refractivity contribution is 0.0746. The Labute approximate surface area is 131 Å². The SMILES string of the molecule is Fc1ccc2c(c1)C1(CCN([C@H]3C[C@H]4CC[C@@H]3C4)CC1)CO2. The van der Waals surface area contributed by atoms with Crippen LogP contribution in [0.1, 0.15) is 44.1 Å². The fourth-order valence-corrected chi connectivity index (χ4v) is 5.69. The van der Waals surface area contributed by atoms with Gasteiger partial charge < -0.3 is 9.64 Å². The van der Waals surface area contributed by atoms with Gasteiger partial charge in [0.1, 0.15) is 11.6 Å². The van der Waals surface area contributed by atoms with Gasteiger partial charge in [-0.05, 0) is 75.2 Å². The lowest BCUT2D eigenvalue weighted by Gasteiger charge is -2.43. The van der Waals surface area contributed by atoms with E-state index in [4.69, 9.17) is 4.74 Å². The number of hydrogen-bond donors (Lipinski definition) is 0. The molecule has 22 heavy (non-hydrogen) atoms. The Hall–Kier alpha value is -1.09. The average Bonchev–Trinajstić information content (AvgIpc) is 3.24. The topological polar surface area (TPSA) is 12.5 Å². The van der Waals surface area contributed by atoms with Crippen LogP contribution in [-0.2, 0) is 5.41 Å². The molecule has 0 N–H and O–H groups in total. The van der Waals surface area contributed by atoms with Gasteiger partial charge in [0.05, 0.1) is 6.61 Å². The number of halogens is 1. The van der Waals surface area contributed by atoms with Crippen LogP contribution in [0.15, 0.2) is 18.2 Å². The van der Waals surface area contributed by atoms with Crippen LogP contribution in [0.25, 0.3) is 0 Å². The molecule has 3 atom stereocenters. The molecule has 2 nitrogen and oxygen atoms in total. The maximum absolute atomic E-state index is 13.7. The minimum atomic E-state index is -0.126. The third kappa shape index (κ3) is 1.87. The molecule has 4 aliphatic rings. The van der Waals surface area contributed by atoms with Crippen LogP contribution in [0.2, 0.25) is 0 Å². The fraction of sp³-hybridized carbons (Fsp3) is 0.684. The Morgan fingerprint density at radius 3 is 2.73 bits per heavy atom. The van der Waals surface area contributed by atoms with Gasteiger partial charge in [-0.3, -0.25) is 0 Å². The Balaban J connectivity index is 1.34. The molecule has 1 aromatic carbocycles. The van der Waals surface area contributed by atoms with Gasteiger partial charge in [0.2, 0.25) is 0 Å². The largest absolute Gasteiger partial charge is 0.492 e. The number of nitrogens with zero attached hydrogens (tertiary/aromatic N) is 1. The van der Waals surface area contributed by atoms with E-state index in [0.717, 1.165) is 61.7 Å². The molecule has 0 amide bonds. The highest BCUT2D eigenvalue weighted by atomic mass is 19.1. The maximum atomic E-state index is 13.7. The molecule has 2 heterocycles. The van der Waals surface area contributed by atoms with Gasteiger partial charge in [-0.1, -0.05) is 6.42 Å². The molecule has 0 unspecified atom stereocenters. The van der Waals surface area contributed by atoms with E-state index in [2.05, 4.69) is 4.90 Å². The summed E-state index contributed by atoms with van der Waals surface area (Å²) >= 11 is 0. The van der Waals surface area contributed by atoms with Crippen LogP contribution >= 0.6 is 0 Å². The number of piperidine rings is 1. The lowest BCUT2D eigenvalue weighted by atomic mass is 9.74. The number of fused-ring (bicyclic) bond motifs is 4. The van der Waals surface area contributed by atoms with Crippen molar-refractivity contribution in [3.05, 3.63) is 29.6 Å². The van der Waals surface area contributed by atoms with Crippen LogP contribution in [0, 0.1) is 17.7 Å². The molecule has 5 rings (SSSR count). The summed E-state index contributed by atoms with van der Waals surface area (Å²) in [6.45, 7) is 3.07. The van der Waals surface area contributed by atoms with E-state index in [1.165, 1.54) is 31.7 Å². The van der Waals surface area contributed by atoms with Gasteiger partial charge in [-0.15, -0.1) is 0 Å². The first-order chi connectivity index (χ1) is 10.7. The standard InChI is InChI=1S/C19H24FNO/c20-15-3-4-18-16(11-15)19(12-22-18)5-7-21(8-6-19)17-10-13-1-2-14(17)9-13/h3-4,11,13-14,17H,1-2,5-10,12H2/t13-,14+,17-/m0/s1. The lowest BCUT2D eigenvalue weighted by Crippen LogP contribution is -2.49. The van der Waals surface area contributed by atoms with Gasteiger partial charge in [-0.25, -0.2) is 4.39 Å². The highest BCUT2D eigenvalue weighted by Gasteiger charge is 2.47. The average molecular weight is 301 g/mol. The quantitative estimate of drug-likeness (QED) is 0.783. The molecule has 2 aliphatic carbocycles. The molecular weight excluding hydrogens is 277 g/mol. The molecule has 118 valence electrons. The number of rotatable bonds is 1. The molecule has 2 saturated carbocycles. The first-order valence-electron chi connectivity index (χ1n) is 8.90. The summed E-state index contributed by atoms with van der Waals surface area (Å²) in [5.41, 5.74) is 1.20. The van der Waals surface area contributed by atoms with E-state index in [0.29, 0.717) is 0 Å². The Kier molecular flexibility index (Phi) is 2.86. The van der Waals surface area contributed by atoms with Crippen molar-refractivity contribution in [2.24, 2.45) is 11.8 Å². The summed E-state index contributed by atoms with van der Waals surface area (Å²) in [7, 11) is 0.